The van der Waals surface area contributed by atoms with Crippen molar-refractivity contribution in [3.8, 4) is 0 Å². The number of aliphatic imine (C=N–C) groups is 1. The van der Waals surface area contributed by atoms with E-state index >= 15 is 0 Å². The summed E-state index contributed by atoms with van der Waals surface area (Å²) < 4.78 is 60.3. The first-order chi connectivity index (χ1) is 13.1. The van der Waals surface area contributed by atoms with E-state index in [9.17, 15) is 21.6 Å². The highest BCUT2D eigenvalue weighted by atomic mass is 127. The van der Waals surface area contributed by atoms with Gasteiger partial charge in [-0.3, -0.25) is 9.89 Å². The second kappa shape index (κ2) is 11.3. The van der Waals surface area contributed by atoms with Crippen LogP contribution in [0.25, 0.3) is 0 Å². The first-order valence-corrected chi connectivity index (χ1v) is 11.0. The summed E-state index contributed by atoms with van der Waals surface area (Å²) in [6.07, 6.45) is -1.56. The van der Waals surface area contributed by atoms with Gasteiger partial charge in [0.2, 0.25) is 0 Å². The number of hydrogen-bond donors (Lipinski definition) is 2. The van der Waals surface area contributed by atoms with Crippen LogP contribution in [0.5, 0.6) is 0 Å². The van der Waals surface area contributed by atoms with Crippen LogP contribution in [0, 0.1) is 5.92 Å². The zero-order valence-electron chi connectivity index (χ0n) is 16.5. The minimum atomic E-state index is -4.15. The third-order valence-electron chi connectivity index (χ3n) is 4.61. The molecule has 1 atom stereocenters. The summed E-state index contributed by atoms with van der Waals surface area (Å²) in [6, 6.07) is 6.74. The van der Waals surface area contributed by atoms with Gasteiger partial charge in [0.05, 0.1) is 11.4 Å². The van der Waals surface area contributed by atoms with Crippen LogP contribution in [0.3, 0.4) is 0 Å². The smallest absolute Gasteiger partial charge is 0.356 e. The molecule has 166 valence electrons. The second-order valence-corrected chi connectivity index (χ2v) is 9.07. The van der Waals surface area contributed by atoms with Crippen molar-refractivity contribution in [1.82, 2.24) is 15.5 Å². The summed E-state index contributed by atoms with van der Waals surface area (Å²) >= 11 is 0. The molecule has 6 nitrogen and oxygen atoms in total. The Morgan fingerprint density at radius 2 is 1.90 bits per heavy atom. The molecule has 1 heterocycles. The zero-order valence-corrected chi connectivity index (χ0v) is 19.6. The molecule has 1 unspecified atom stereocenters. The van der Waals surface area contributed by atoms with Crippen LogP contribution in [-0.4, -0.2) is 71.5 Å². The lowest BCUT2D eigenvalue weighted by Crippen LogP contribution is -2.41. The number of guanidine groups is 1. The highest BCUT2D eigenvalue weighted by molar-refractivity contribution is 14.0. The number of hydrogen-bond acceptors (Lipinski definition) is 4. The number of rotatable bonds is 7. The Kier molecular flexibility index (Phi) is 10.2. The molecule has 1 aliphatic rings. The van der Waals surface area contributed by atoms with Gasteiger partial charge in [0.25, 0.3) is 0 Å². The van der Waals surface area contributed by atoms with E-state index < -0.39 is 22.6 Å². The van der Waals surface area contributed by atoms with Crippen molar-refractivity contribution >= 4 is 39.8 Å². The molecule has 1 aliphatic heterocycles. The molecule has 0 spiro atoms. The molecular weight excluding hydrogens is 520 g/mol. The molecule has 1 aromatic carbocycles. The highest BCUT2D eigenvalue weighted by Crippen LogP contribution is 2.22. The molecule has 1 saturated heterocycles. The number of nitrogens with zero attached hydrogens (tertiary/aromatic N) is 2. The summed E-state index contributed by atoms with van der Waals surface area (Å²) in [5.41, 5.74) is 0.994. The molecule has 0 aliphatic carbocycles. The van der Waals surface area contributed by atoms with Gasteiger partial charge in [0, 0.05) is 32.9 Å². The van der Waals surface area contributed by atoms with Gasteiger partial charge >= 0.3 is 6.18 Å². The molecule has 11 heteroatoms. The van der Waals surface area contributed by atoms with Crippen molar-refractivity contribution < 1.29 is 21.6 Å². The molecule has 2 rings (SSSR count). The predicted molar refractivity (Wildman–Crippen MR) is 119 cm³/mol. The highest BCUT2D eigenvalue weighted by Gasteiger charge is 2.34. The van der Waals surface area contributed by atoms with Gasteiger partial charge in [-0.1, -0.05) is 12.1 Å². The fraction of sp³-hybridized carbons (Fsp3) is 0.611. The van der Waals surface area contributed by atoms with Crippen LogP contribution in [0.2, 0.25) is 0 Å². The van der Waals surface area contributed by atoms with Gasteiger partial charge in [0.15, 0.2) is 15.8 Å². The van der Waals surface area contributed by atoms with Gasteiger partial charge in [-0.15, -0.1) is 24.0 Å². The van der Waals surface area contributed by atoms with Crippen molar-refractivity contribution in [3.63, 3.8) is 0 Å². The Labute approximate surface area is 187 Å². The average molecular weight is 548 g/mol. The molecule has 1 aromatic rings. The summed E-state index contributed by atoms with van der Waals surface area (Å²) in [6.45, 7) is 1.20. The number of likely N-dealkylation sites (tertiary alicyclic amines) is 1. The topological polar surface area (TPSA) is 73.8 Å². The van der Waals surface area contributed by atoms with Gasteiger partial charge in [-0.05, 0) is 43.0 Å². The third kappa shape index (κ3) is 9.51. The van der Waals surface area contributed by atoms with Gasteiger partial charge < -0.3 is 10.6 Å². The van der Waals surface area contributed by atoms with E-state index in [1.165, 1.54) is 11.2 Å². The Hall–Kier alpha value is -1.08. The number of sulfone groups is 1. The maximum Gasteiger partial charge on any atom is 0.401 e. The standard InChI is InChI=1S/C18H27F3N4O2S.HI/c1-22-17(24-11-15-8-10-25(12-15)13-18(19,20)21)23-9-7-14-3-5-16(6-4-14)28(2,26)27;/h3-6,15H,7-13H2,1-2H3,(H2,22,23,24);1H. The maximum atomic E-state index is 12.4. The number of benzene rings is 1. The van der Waals surface area contributed by atoms with Crippen LogP contribution in [0.15, 0.2) is 34.2 Å². The minimum Gasteiger partial charge on any atom is -0.356 e. The summed E-state index contributed by atoms with van der Waals surface area (Å²) in [4.78, 5) is 5.85. The number of alkyl halides is 3. The lowest BCUT2D eigenvalue weighted by molar-refractivity contribution is -0.143. The normalized spacial score (nSPS) is 18.4. The maximum absolute atomic E-state index is 12.4. The van der Waals surface area contributed by atoms with Crippen molar-refractivity contribution in [2.45, 2.75) is 23.9 Å². The fourth-order valence-corrected chi connectivity index (χ4v) is 3.80. The molecule has 1 fully saturated rings. The van der Waals surface area contributed by atoms with Gasteiger partial charge in [0.1, 0.15) is 0 Å². The van der Waals surface area contributed by atoms with E-state index in [-0.39, 0.29) is 34.8 Å². The lowest BCUT2D eigenvalue weighted by Gasteiger charge is -2.18. The van der Waals surface area contributed by atoms with Crippen molar-refractivity contribution in [2.24, 2.45) is 10.9 Å². The fourth-order valence-electron chi connectivity index (χ4n) is 3.17. The monoisotopic (exact) mass is 548 g/mol. The quantitative estimate of drug-likeness (QED) is 0.311. The van der Waals surface area contributed by atoms with Crippen molar-refractivity contribution in [2.75, 3.05) is 46.0 Å². The predicted octanol–water partition coefficient (Wildman–Crippen LogP) is 2.30. The largest absolute Gasteiger partial charge is 0.401 e. The van der Waals surface area contributed by atoms with Gasteiger partial charge in [-0.25, -0.2) is 8.42 Å². The molecule has 0 bridgehead atoms. The van der Waals surface area contributed by atoms with Gasteiger partial charge in [-0.2, -0.15) is 13.2 Å². The Bertz CT molecular complexity index is 770. The molecule has 0 radical (unpaired) electrons. The molecule has 0 amide bonds. The Balaban J connectivity index is 0.00000420. The molecule has 0 saturated carbocycles. The molecule has 29 heavy (non-hydrogen) atoms. The minimum absolute atomic E-state index is 0. The van der Waals surface area contributed by atoms with Crippen molar-refractivity contribution in [1.29, 1.82) is 0 Å². The SMILES string of the molecule is CN=C(NCCc1ccc(S(C)(=O)=O)cc1)NCC1CCN(CC(F)(F)F)C1.I. The molecule has 2 N–H and O–H groups in total. The lowest BCUT2D eigenvalue weighted by atomic mass is 10.1. The Morgan fingerprint density at radius 3 is 2.45 bits per heavy atom. The number of nitrogens with one attached hydrogen (secondary N) is 2. The summed E-state index contributed by atoms with van der Waals surface area (Å²) in [7, 11) is -1.56. The Morgan fingerprint density at radius 1 is 1.24 bits per heavy atom. The van der Waals surface area contributed by atoms with Crippen LogP contribution in [-0.2, 0) is 16.3 Å². The summed E-state index contributed by atoms with van der Waals surface area (Å²) in [5, 5.41) is 6.32. The van der Waals surface area contributed by atoms with E-state index in [1.807, 2.05) is 0 Å². The first-order valence-electron chi connectivity index (χ1n) is 9.09. The molecular formula is C18H28F3IN4O2S. The zero-order chi connectivity index (χ0) is 20.8. The first kappa shape index (κ1) is 26.0. The van der Waals surface area contributed by atoms with E-state index in [0.29, 0.717) is 38.6 Å². The average Bonchev–Trinajstić information content (AvgIpc) is 3.03. The van der Waals surface area contributed by atoms with E-state index in [2.05, 4.69) is 15.6 Å². The van der Waals surface area contributed by atoms with E-state index in [1.54, 1.807) is 31.3 Å². The van der Waals surface area contributed by atoms with E-state index in [4.69, 9.17) is 0 Å². The van der Waals surface area contributed by atoms with Crippen LogP contribution in [0.1, 0.15) is 12.0 Å². The van der Waals surface area contributed by atoms with Crippen LogP contribution in [0.4, 0.5) is 13.2 Å². The van der Waals surface area contributed by atoms with Crippen LogP contribution < -0.4 is 10.6 Å². The summed E-state index contributed by atoms with van der Waals surface area (Å²) in [5.74, 6) is 0.756. The van der Waals surface area contributed by atoms with Crippen molar-refractivity contribution in [3.05, 3.63) is 29.8 Å². The number of halogens is 4. The van der Waals surface area contributed by atoms with Crippen LogP contribution >= 0.6 is 24.0 Å². The molecule has 0 aromatic heterocycles. The third-order valence-corrected chi connectivity index (χ3v) is 5.74. The van der Waals surface area contributed by atoms with E-state index in [0.717, 1.165) is 12.0 Å². The second-order valence-electron chi connectivity index (χ2n) is 7.05.